The van der Waals surface area contributed by atoms with Gasteiger partial charge in [0.2, 0.25) is 5.91 Å². The monoisotopic (exact) mass is 213 g/mol. The lowest BCUT2D eigenvalue weighted by molar-refractivity contribution is -0.121. The van der Waals surface area contributed by atoms with E-state index in [9.17, 15) is 9.59 Å². The van der Waals surface area contributed by atoms with Gasteiger partial charge in [0.25, 0.3) is 0 Å². The average molecular weight is 213 g/mol. The van der Waals surface area contributed by atoms with Crippen molar-refractivity contribution in [1.82, 2.24) is 10.2 Å². The first-order valence-corrected chi connectivity index (χ1v) is 5.39. The van der Waals surface area contributed by atoms with Crippen LogP contribution in [0.2, 0.25) is 0 Å². The Morgan fingerprint density at radius 1 is 1.40 bits per heavy atom. The summed E-state index contributed by atoms with van der Waals surface area (Å²) < 4.78 is 0. The SMILES string of the molecule is C[C@@H]1CCCN(CC(=O)NC(N)=O)CC1. The highest BCUT2D eigenvalue weighted by Crippen LogP contribution is 2.15. The summed E-state index contributed by atoms with van der Waals surface area (Å²) in [5, 5.41) is 2.08. The zero-order chi connectivity index (χ0) is 11.3. The minimum atomic E-state index is -0.775. The number of likely N-dealkylation sites (tertiary alicyclic amines) is 1. The van der Waals surface area contributed by atoms with Gasteiger partial charge in [0.1, 0.15) is 0 Å². The van der Waals surface area contributed by atoms with Gasteiger partial charge >= 0.3 is 6.03 Å². The molecule has 1 heterocycles. The number of rotatable bonds is 2. The Morgan fingerprint density at radius 3 is 2.80 bits per heavy atom. The topological polar surface area (TPSA) is 75.4 Å². The number of imide groups is 1. The van der Waals surface area contributed by atoms with Crippen molar-refractivity contribution in [2.24, 2.45) is 11.7 Å². The van der Waals surface area contributed by atoms with Crippen LogP contribution in [0.15, 0.2) is 0 Å². The van der Waals surface area contributed by atoms with E-state index >= 15 is 0 Å². The number of amides is 3. The fraction of sp³-hybridized carbons (Fsp3) is 0.800. The molecule has 86 valence electrons. The number of carbonyl (C=O) groups is 2. The molecule has 0 radical (unpaired) electrons. The molecule has 0 aromatic rings. The molecule has 1 fully saturated rings. The fourth-order valence-corrected chi connectivity index (χ4v) is 1.86. The van der Waals surface area contributed by atoms with Crippen LogP contribution in [-0.4, -0.2) is 36.5 Å². The van der Waals surface area contributed by atoms with Gasteiger partial charge in [0, 0.05) is 0 Å². The maximum Gasteiger partial charge on any atom is 0.318 e. The molecule has 15 heavy (non-hydrogen) atoms. The largest absolute Gasteiger partial charge is 0.351 e. The maximum absolute atomic E-state index is 11.3. The van der Waals surface area contributed by atoms with Gasteiger partial charge in [0.15, 0.2) is 0 Å². The van der Waals surface area contributed by atoms with E-state index < -0.39 is 6.03 Å². The second-order valence-corrected chi connectivity index (χ2v) is 4.22. The van der Waals surface area contributed by atoms with Crippen LogP contribution in [0.5, 0.6) is 0 Å². The number of nitrogens with two attached hydrogens (primary N) is 1. The summed E-state index contributed by atoms with van der Waals surface area (Å²) in [6.45, 7) is 4.35. The van der Waals surface area contributed by atoms with E-state index in [1.807, 2.05) is 0 Å². The Balaban J connectivity index is 2.31. The van der Waals surface area contributed by atoms with Crippen LogP contribution >= 0.6 is 0 Å². The van der Waals surface area contributed by atoms with Crippen LogP contribution in [-0.2, 0) is 4.79 Å². The fourth-order valence-electron chi connectivity index (χ4n) is 1.86. The van der Waals surface area contributed by atoms with Crippen molar-refractivity contribution in [3.05, 3.63) is 0 Å². The molecular weight excluding hydrogens is 194 g/mol. The molecule has 1 atom stereocenters. The van der Waals surface area contributed by atoms with Crippen LogP contribution in [0.4, 0.5) is 4.79 Å². The summed E-state index contributed by atoms with van der Waals surface area (Å²) in [5.41, 5.74) is 4.86. The molecule has 0 saturated carbocycles. The maximum atomic E-state index is 11.3. The van der Waals surface area contributed by atoms with Gasteiger partial charge in [-0.1, -0.05) is 6.92 Å². The third kappa shape index (κ3) is 4.78. The highest BCUT2D eigenvalue weighted by molar-refractivity contribution is 5.94. The molecule has 1 saturated heterocycles. The number of hydrogen-bond donors (Lipinski definition) is 2. The average Bonchev–Trinajstić information content (AvgIpc) is 2.29. The summed E-state index contributed by atoms with van der Waals surface area (Å²) in [6.07, 6.45) is 3.45. The first kappa shape index (κ1) is 12.0. The summed E-state index contributed by atoms with van der Waals surface area (Å²) in [4.78, 5) is 23.8. The molecule has 0 aromatic carbocycles. The smallest absolute Gasteiger partial charge is 0.318 e. The van der Waals surface area contributed by atoms with Crippen LogP contribution in [0, 0.1) is 5.92 Å². The van der Waals surface area contributed by atoms with E-state index in [2.05, 4.69) is 17.1 Å². The van der Waals surface area contributed by atoms with E-state index in [0.717, 1.165) is 31.8 Å². The zero-order valence-corrected chi connectivity index (χ0v) is 9.16. The third-order valence-electron chi connectivity index (χ3n) is 2.74. The molecule has 1 aliphatic heterocycles. The first-order valence-electron chi connectivity index (χ1n) is 5.39. The van der Waals surface area contributed by atoms with E-state index in [1.54, 1.807) is 0 Å². The van der Waals surface area contributed by atoms with Gasteiger partial charge in [-0.3, -0.25) is 15.0 Å². The molecule has 0 spiro atoms. The lowest BCUT2D eigenvalue weighted by Gasteiger charge is -2.18. The molecule has 0 aliphatic carbocycles. The summed E-state index contributed by atoms with van der Waals surface area (Å²) >= 11 is 0. The van der Waals surface area contributed by atoms with Crippen LogP contribution in [0.25, 0.3) is 0 Å². The Bertz CT molecular complexity index is 243. The zero-order valence-electron chi connectivity index (χ0n) is 9.16. The summed E-state index contributed by atoms with van der Waals surface area (Å²) in [5.74, 6) is 0.422. The van der Waals surface area contributed by atoms with Gasteiger partial charge in [-0.15, -0.1) is 0 Å². The van der Waals surface area contributed by atoms with Gasteiger partial charge in [-0.2, -0.15) is 0 Å². The Kier molecular flexibility index (Phi) is 4.55. The van der Waals surface area contributed by atoms with Gasteiger partial charge < -0.3 is 5.73 Å². The molecule has 3 amide bonds. The first-order chi connectivity index (χ1) is 7.08. The molecule has 1 rings (SSSR count). The number of nitrogens with zero attached hydrogens (tertiary/aromatic N) is 1. The highest BCUT2D eigenvalue weighted by Gasteiger charge is 2.16. The van der Waals surface area contributed by atoms with E-state index in [-0.39, 0.29) is 12.5 Å². The minimum absolute atomic E-state index is 0.273. The number of urea groups is 1. The van der Waals surface area contributed by atoms with E-state index in [4.69, 9.17) is 5.73 Å². The molecule has 3 N–H and O–H groups in total. The predicted octanol–water partition coefficient (Wildman–Crippen LogP) is 0.303. The van der Waals surface area contributed by atoms with Gasteiger partial charge in [-0.25, -0.2) is 4.79 Å². The molecule has 5 nitrogen and oxygen atoms in total. The lowest BCUT2D eigenvalue weighted by Crippen LogP contribution is -2.42. The molecule has 5 heteroatoms. The Morgan fingerprint density at radius 2 is 2.13 bits per heavy atom. The number of primary amides is 1. The van der Waals surface area contributed by atoms with Crippen LogP contribution in [0.1, 0.15) is 26.2 Å². The second kappa shape index (κ2) is 5.70. The van der Waals surface area contributed by atoms with Crippen molar-refractivity contribution < 1.29 is 9.59 Å². The van der Waals surface area contributed by atoms with Crippen molar-refractivity contribution in [3.8, 4) is 0 Å². The van der Waals surface area contributed by atoms with Crippen molar-refractivity contribution in [2.75, 3.05) is 19.6 Å². The standard InChI is InChI=1S/C10H19N3O2/c1-8-3-2-5-13(6-4-8)7-9(14)12-10(11)15/h8H,2-7H2,1H3,(H3,11,12,14,15)/t8-/m1/s1. The quantitative estimate of drug-likeness (QED) is 0.693. The Hall–Kier alpha value is -1.10. The molecule has 1 aliphatic rings. The van der Waals surface area contributed by atoms with Crippen molar-refractivity contribution in [2.45, 2.75) is 26.2 Å². The Labute approximate surface area is 90.0 Å². The lowest BCUT2D eigenvalue weighted by atomic mass is 10.0. The predicted molar refractivity (Wildman–Crippen MR) is 57.2 cm³/mol. The third-order valence-corrected chi connectivity index (χ3v) is 2.74. The number of hydrogen-bond acceptors (Lipinski definition) is 3. The normalized spacial score (nSPS) is 23.1. The van der Waals surface area contributed by atoms with Crippen molar-refractivity contribution in [3.63, 3.8) is 0 Å². The highest BCUT2D eigenvalue weighted by atomic mass is 16.2. The molecule has 0 aromatic heterocycles. The van der Waals surface area contributed by atoms with Gasteiger partial charge in [-0.05, 0) is 38.3 Å². The number of carbonyl (C=O) groups excluding carboxylic acids is 2. The molecule has 0 unspecified atom stereocenters. The van der Waals surface area contributed by atoms with E-state index in [1.165, 1.54) is 6.42 Å². The number of nitrogens with one attached hydrogen (secondary N) is 1. The van der Waals surface area contributed by atoms with Gasteiger partial charge in [0.05, 0.1) is 6.54 Å². The second-order valence-electron chi connectivity index (χ2n) is 4.22. The van der Waals surface area contributed by atoms with Crippen molar-refractivity contribution in [1.29, 1.82) is 0 Å². The summed E-state index contributed by atoms with van der Waals surface area (Å²) in [6, 6.07) is -0.775. The van der Waals surface area contributed by atoms with Crippen LogP contribution in [0.3, 0.4) is 0 Å². The summed E-state index contributed by atoms with van der Waals surface area (Å²) in [7, 11) is 0. The molecule has 0 bridgehead atoms. The van der Waals surface area contributed by atoms with Crippen LogP contribution < -0.4 is 11.1 Å². The van der Waals surface area contributed by atoms with Crippen molar-refractivity contribution >= 4 is 11.9 Å². The minimum Gasteiger partial charge on any atom is -0.351 e. The molecular formula is C10H19N3O2. The van der Waals surface area contributed by atoms with E-state index in [0.29, 0.717) is 0 Å².